The van der Waals surface area contributed by atoms with Crippen LogP contribution in [-0.2, 0) is 11.3 Å². The first-order valence-electron chi connectivity index (χ1n) is 7.42. The number of halogens is 1. The lowest BCUT2D eigenvalue weighted by Crippen LogP contribution is -2.46. The van der Waals surface area contributed by atoms with E-state index in [0.717, 1.165) is 5.69 Å². The van der Waals surface area contributed by atoms with Gasteiger partial charge in [-0.3, -0.25) is 14.3 Å². The van der Waals surface area contributed by atoms with Gasteiger partial charge in [0, 0.05) is 13.2 Å². The number of carbonyl (C=O) groups excluding carboxylic acids is 2. The van der Waals surface area contributed by atoms with Crippen LogP contribution < -0.4 is 10.1 Å². The van der Waals surface area contributed by atoms with Gasteiger partial charge in [0.15, 0.2) is 0 Å². The maximum absolute atomic E-state index is 12.9. The molecule has 1 N–H and O–H groups in total. The van der Waals surface area contributed by atoms with Crippen LogP contribution in [0.25, 0.3) is 0 Å². The van der Waals surface area contributed by atoms with Gasteiger partial charge in [0.2, 0.25) is 5.91 Å². The number of hydrogen-bond acceptors (Lipinski definition) is 4. The highest BCUT2D eigenvalue weighted by Crippen LogP contribution is 2.27. The molecule has 24 heavy (non-hydrogen) atoms. The van der Waals surface area contributed by atoms with E-state index in [0.29, 0.717) is 22.9 Å². The van der Waals surface area contributed by atoms with Crippen LogP contribution in [0.15, 0.2) is 30.5 Å². The lowest BCUT2D eigenvalue weighted by Gasteiger charge is -2.33. The van der Waals surface area contributed by atoms with E-state index in [2.05, 4.69) is 10.4 Å². The molecule has 7 nitrogen and oxygen atoms in total. The number of ether oxygens (including phenoxy) is 1. The maximum Gasteiger partial charge on any atom is 0.255 e. The van der Waals surface area contributed by atoms with E-state index in [1.54, 1.807) is 47.1 Å². The minimum Gasteiger partial charge on any atom is -0.497 e. The van der Waals surface area contributed by atoms with Gasteiger partial charge >= 0.3 is 0 Å². The van der Waals surface area contributed by atoms with Gasteiger partial charge in [-0.15, -0.1) is 0 Å². The molecule has 2 heterocycles. The van der Waals surface area contributed by atoms with E-state index < -0.39 is 6.04 Å². The molecule has 2 amide bonds. The van der Waals surface area contributed by atoms with Crippen LogP contribution >= 0.6 is 11.6 Å². The van der Waals surface area contributed by atoms with Crippen molar-refractivity contribution >= 4 is 23.4 Å². The van der Waals surface area contributed by atoms with Gasteiger partial charge in [-0.2, -0.15) is 5.10 Å². The molecule has 1 aromatic heterocycles. The zero-order chi connectivity index (χ0) is 17.3. The summed E-state index contributed by atoms with van der Waals surface area (Å²) in [6.45, 7) is 0.584. The van der Waals surface area contributed by atoms with Crippen LogP contribution in [-0.4, -0.2) is 47.2 Å². The molecule has 1 aromatic carbocycles. The number of aromatic nitrogens is 2. The van der Waals surface area contributed by atoms with Crippen LogP contribution in [0.2, 0.25) is 5.02 Å². The normalized spacial score (nSPS) is 16.5. The number of nitrogens with zero attached hydrogens (tertiary/aromatic N) is 3. The van der Waals surface area contributed by atoms with Gasteiger partial charge in [0.25, 0.3) is 5.91 Å². The minimum atomic E-state index is -0.568. The summed E-state index contributed by atoms with van der Waals surface area (Å²) in [5, 5.41) is 7.14. The second-order valence-corrected chi connectivity index (χ2v) is 5.84. The second kappa shape index (κ2) is 6.52. The summed E-state index contributed by atoms with van der Waals surface area (Å²) in [6.07, 6.45) is 1.62. The quantitative estimate of drug-likeness (QED) is 0.911. The van der Waals surface area contributed by atoms with Gasteiger partial charge in [0.1, 0.15) is 11.8 Å². The molecule has 8 heteroatoms. The molecule has 1 atom stereocenters. The van der Waals surface area contributed by atoms with Crippen LogP contribution in [0, 0.1) is 0 Å². The van der Waals surface area contributed by atoms with Crippen molar-refractivity contribution in [3.63, 3.8) is 0 Å². The molecule has 0 spiro atoms. The lowest BCUT2D eigenvalue weighted by atomic mass is 10.1. The third-order valence-corrected chi connectivity index (χ3v) is 4.36. The first kappa shape index (κ1) is 16.3. The number of benzene rings is 1. The van der Waals surface area contributed by atoms with E-state index in [9.17, 15) is 9.59 Å². The highest BCUT2D eigenvalue weighted by molar-refractivity contribution is 6.33. The van der Waals surface area contributed by atoms with Crippen molar-refractivity contribution in [2.75, 3.05) is 20.7 Å². The van der Waals surface area contributed by atoms with Crippen LogP contribution in [0.1, 0.15) is 22.1 Å². The van der Waals surface area contributed by atoms with Gasteiger partial charge in [-0.25, -0.2) is 0 Å². The van der Waals surface area contributed by atoms with Gasteiger partial charge in [0.05, 0.1) is 36.5 Å². The van der Waals surface area contributed by atoms with Crippen molar-refractivity contribution in [1.29, 1.82) is 0 Å². The topological polar surface area (TPSA) is 76.5 Å². The number of hydrogen-bond donors (Lipinski definition) is 1. The number of carbonyl (C=O) groups is 2. The Morgan fingerprint density at radius 1 is 1.38 bits per heavy atom. The molecule has 0 unspecified atom stereocenters. The van der Waals surface area contributed by atoms with E-state index in [1.165, 1.54) is 7.11 Å². The molecule has 2 aromatic rings. The Hall–Kier alpha value is -2.54. The Kier molecular flexibility index (Phi) is 4.44. The molecule has 0 radical (unpaired) electrons. The van der Waals surface area contributed by atoms with Crippen molar-refractivity contribution in [1.82, 2.24) is 20.0 Å². The molecular formula is C16H17ClN4O3. The summed E-state index contributed by atoms with van der Waals surface area (Å²) < 4.78 is 6.81. The second-order valence-electron chi connectivity index (χ2n) is 5.43. The maximum atomic E-state index is 12.9. The van der Waals surface area contributed by atoms with Crippen molar-refractivity contribution in [3.8, 4) is 5.75 Å². The zero-order valence-electron chi connectivity index (χ0n) is 13.3. The van der Waals surface area contributed by atoms with Crippen LogP contribution in [0.5, 0.6) is 5.75 Å². The number of amides is 2. The number of fused-ring (bicyclic) bond motifs is 1. The molecule has 0 saturated carbocycles. The Balaban J connectivity index is 1.93. The number of nitrogens with one attached hydrogen (secondary N) is 1. The molecule has 126 valence electrons. The van der Waals surface area contributed by atoms with Crippen LogP contribution in [0.4, 0.5) is 0 Å². The smallest absolute Gasteiger partial charge is 0.255 e. The summed E-state index contributed by atoms with van der Waals surface area (Å²) in [7, 11) is 3.09. The monoisotopic (exact) mass is 348 g/mol. The van der Waals surface area contributed by atoms with Crippen molar-refractivity contribution in [2.24, 2.45) is 0 Å². The third-order valence-electron chi connectivity index (χ3n) is 4.03. The van der Waals surface area contributed by atoms with Crippen molar-refractivity contribution in [3.05, 3.63) is 46.7 Å². The molecule has 0 fully saturated rings. The fourth-order valence-corrected chi connectivity index (χ4v) is 2.97. The summed E-state index contributed by atoms with van der Waals surface area (Å²) in [6, 6.07) is 6.14. The fourth-order valence-electron chi connectivity index (χ4n) is 2.77. The average Bonchev–Trinajstić information content (AvgIpc) is 3.08. The zero-order valence-corrected chi connectivity index (χ0v) is 14.1. The molecule has 1 aliphatic heterocycles. The number of likely N-dealkylation sites (N-methyl/N-ethyl adjacent to an activating group) is 1. The standard InChI is InChI=1S/C16H17ClN4O3/c1-18-15(22)14-9-20(8-10-5-6-19-21(10)14)16(23)12-7-11(24-2)3-4-13(12)17/h3-7,14H,8-9H2,1-2H3,(H,18,22)/t14-/m1/s1. The fraction of sp³-hybridized carbons (Fsp3) is 0.312. The molecule has 3 rings (SSSR count). The van der Waals surface area contributed by atoms with Gasteiger partial charge in [-0.05, 0) is 24.3 Å². The predicted molar refractivity (Wildman–Crippen MR) is 88.1 cm³/mol. The van der Waals surface area contributed by atoms with E-state index in [4.69, 9.17) is 16.3 Å². The lowest BCUT2D eigenvalue weighted by molar-refractivity contribution is -0.125. The Labute approximate surface area is 144 Å². The van der Waals surface area contributed by atoms with Crippen LogP contribution in [0.3, 0.4) is 0 Å². The highest BCUT2D eigenvalue weighted by Gasteiger charge is 2.33. The first-order valence-corrected chi connectivity index (χ1v) is 7.79. The molecule has 0 bridgehead atoms. The molecular weight excluding hydrogens is 332 g/mol. The highest BCUT2D eigenvalue weighted by atomic mass is 35.5. The van der Waals surface area contributed by atoms with Gasteiger partial charge < -0.3 is 15.0 Å². The Morgan fingerprint density at radius 2 is 2.17 bits per heavy atom. The summed E-state index contributed by atoms with van der Waals surface area (Å²) in [5.41, 5.74) is 1.14. The SMILES string of the molecule is CNC(=O)[C@H]1CN(C(=O)c2cc(OC)ccc2Cl)Cc2ccnn21. The average molecular weight is 349 g/mol. The molecule has 0 aliphatic carbocycles. The summed E-state index contributed by atoms with van der Waals surface area (Å²) >= 11 is 6.17. The Morgan fingerprint density at radius 3 is 2.88 bits per heavy atom. The van der Waals surface area contributed by atoms with Crippen molar-refractivity contribution in [2.45, 2.75) is 12.6 Å². The number of methoxy groups -OCH3 is 1. The van der Waals surface area contributed by atoms with E-state index in [1.807, 2.05) is 0 Å². The summed E-state index contributed by atoms with van der Waals surface area (Å²) in [5.74, 6) is 0.0992. The van der Waals surface area contributed by atoms with Gasteiger partial charge in [-0.1, -0.05) is 11.6 Å². The third kappa shape index (κ3) is 2.82. The molecule has 0 saturated heterocycles. The largest absolute Gasteiger partial charge is 0.497 e. The predicted octanol–water partition coefficient (Wildman–Crippen LogP) is 1.49. The van der Waals surface area contributed by atoms with Crippen molar-refractivity contribution < 1.29 is 14.3 Å². The molecule has 1 aliphatic rings. The Bertz CT molecular complexity index is 789. The number of rotatable bonds is 3. The minimum absolute atomic E-state index is 0.200. The van der Waals surface area contributed by atoms with E-state index in [-0.39, 0.29) is 18.4 Å². The summed E-state index contributed by atoms with van der Waals surface area (Å²) in [4.78, 5) is 26.6. The van der Waals surface area contributed by atoms with E-state index >= 15 is 0 Å². The first-order chi connectivity index (χ1) is 11.5.